The number of carbonyl (C=O) groups is 1. The summed E-state index contributed by atoms with van der Waals surface area (Å²) in [5, 5.41) is 28.5. The van der Waals surface area contributed by atoms with Crippen molar-refractivity contribution in [2.75, 3.05) is 0 Å². The molecule has 3 N–H and O–H groups in total. The van der Waals surface area contributed by atoms with Crippen molar-refractivity contribution in [3.05, 3.63) is 16.1 Å². The highest BCUT2D eigenvalue weighted by Crippen LogP contribution is 2.42. The van der Waals surface area contributed by atoms with Crippen molar-refractivity contribution in [1.82, 2.24) is 0 Å². The highest BCUT2D eigenvalue weighted by Gasteiger charge is 2.24. The number of ketones is 1. The quantitative estimate of drug-likeness (QED) is 0.748. The lowest BCUT2D eigenvalue weighted by molar-refractivity contribution is 0.0921. The van der Waals surface area contributed by atoms with Crippen molar-refractivity contribution < 1.29 is 20.1 Å². The smallest absolute Gasteiger partial charge is 0.173 e. The summed E-state index contributed by atoms with van der Waals surface area (Å²) in [6.07, 6.45) is 0.607. The predicted molar refractivity (Wildman–Crippen MR) is 62.9 cm³/mol. The maximum Gasteiger partial charge on any atom is 0.173 e. The van der Waals surface area contributed by atoms with Gasteiger partial charge < -0.3 is 15.3 Å². The summed E-state index contributed by atoms with van der Waals surface area (Å²) in [6, 6.07) is 1.03. The number of hydrogen-bond acceptors (Lipinski definition) is 4. The Morgan fingerprint density at radius 1 is 1.38 bits per heavy atom. The minimum Gasteiger partial charge on any atom is -0.507 e. The molecule has 1 unspecified atom stereocenters. The van der Waals surface area contributed by atoms with Gasteiger partial charge in [-0.15, -0.1) is 0 Å². The Kier molecular flexibility index (Phi) is 3.80. The lowest BCUT2D eigenvalue weighted by atomic mass is 9.95. The molecule has 0 saturated heterocycles. The molecule has 0 fully saturated rings. The van der Waals surface area contributed by atoms with E-state index in [0.717, 1.165) is 6.07 Å². The predicted octanol–water partition coefficient (Wildman–Crippen LogP) is 2.79. The van der Waals surface area contributed by atoms with E-state index in [1.165, 1.54) is 0 Å². The number of phenols is 3. The van der Waals surface area contributed by atoms with E-state index in [0.29, 0.717) is 6.42 Å². The van der Waals surface area contributed by atoms with Gasteiger partial charge in [-0.2, -0.15) is 0 Å². The van der Waals surface area contributed by atoms with Crippen molar-refractivity contribution in [2.24, 2.45) is 5.92 Å². The van der Waals surface area contributed by atoms with Gasteiger partial charge in [-0.3, -0.25) is 4.79 Å². The number of halogens is 1. The fourth-order valence-electron chi connectivity index (χ4n) is 1.29. The summed E-state index contributed by atoms with van der Waals surface area (Å²) in [4.78, 5) is 11.9. The van der Waals surface area contributed by atoms with Crippen LogP contribution in [0.5, 0.6) is 17.2 Å². The molecule has 5 heteroatoms. The van der Waals surface area contributed by atoms with Gasteiger partial charge in [-0.05, 0) is 22.4 Å². The van der Waals surface area contributed by atoms with Crippen LogP contribution < -0.4 is 0 Å². The molecule has 1 aromatic rings. The molecule has 0 bridgehead atoms. The van der Waals surface area contributed by atoms with Crippen LogP contribution in [0.15, 0.2) is 10.5 Å². The molecule has 16 heavy (non-hydrogen) atoms. The topological polar surface area (TPSA) is 77.8 Å². The van der Waals surface area contributed by atoms with E-state index in [-0.39, 0.29) is 27.5 Å². The molecule has 0 heterocycles. The van der Waals surface area contributed by atoms with Crippen LogP contribution in [0.2, 0.25) is 0 Å². The van der Waals surface area contributed by atoms with E-state index in [2.05, 4.69) is 15.9 Å². The zero-order valence-electron chi connectivity index (χ0n) is 8.99. The minimum absolute atomic E-state index is 0.0111. The third-order valence-electron chi connectivity index (χ3n) is 2.51. The second kappa shape index (κ2) is 4.74. The molecular weight excluding hydrogens is 276 g/mol. The maximum atomic E-state index is 11.9. The first-order valence-electron chi connectivity index (χ1n) is 4.87. The van der Waals surface area contributed by atoms with Gasteiger partial charge in [0, 0.05) is 12.0 Å². The van der Waals surface area contributed by atoms with Crippen molar-refractivity contribution in [3.63, 3.8) is 0 Å². The molecule has 4 nitrogen and oxygen atoms in total. The fourth-order valence-corrected chi connectivity index (χ4v) is 1.60. The lowest BCUT2D eigenvalue weighted by Gasteiger charge is -2.12. The first-order valence-corrected chi connectivity index (χ1v) is 5.67. The van der Waals surface area contributed by atoms with Crippen LogP contribution in [0.1, 0.15) is 30.6 Å². The van der Waals surface area contributed by atoms with E-state index in [1.54, 1.807) is 6.92 Å². The van der Waals surface area contributed by atoms with Crippen LogP contribution >= 0.6 is 15.9 Å². The maximum absolute atomic E-state index is 11.9. The average molecular weight is 289 g/mol. The van der Waals surface area contributed by atoms with Gasteiger partial charge in [0.1, 0.15) is 27.3 Å². The standard InChI is InChI=1S/C11H13BrO4/c1-3-5(2)10(15)8-6(13)4-7(14)9(12)11(8)16/h4-5,13-14,16H,3H2,1-2H3. The number of Topliss-reactive ketones (excluding diaryl/α,β-unsaturated/α-hetero) is 1. The number of phenolic OH excluding ortho intramolecular Hbond substituents is 3. The highest BCUT2D eigenvalue weighted by atomic mass is 79.9. The van der Waals surface area contributed by atoms with Gasteiger partial charge >= 0.3 is 0 Å². The Bertz CT molecular complexity index is 428. The van der Waals surface area contributed by atoms with E-state index in [1.807, 2.05) is 6.92 Å². The van der Waals surface area contributed by atoms with Crippen LogP contribution in [-0.4, -0.2) is 21.1 Å². The van der Waals surface area contributed by atoms with Crippen molar-refractivity contribution in [1.29, 1.82) is 0 Å². The first kappa shape index (κ1) is 12.8. The summed E-state index contributed by atoms with van der Waals surface area (Å²) in [5.74, 6) is -1.80. The molecule has 0 aliphatic rings. The van der Waals surface area contributed by atoms with Crippen molar-refractivity contribution in [2.45, 2.75) is 20.3 Å². The number of carbonyl (C=O) groups excluding carboxylic acids is 1. The second-order valence-corrected chi connectivity index (χ2v) is 4.42. The Morgan fingerprint density at radius 2 is 1.94 bits per heavy atom. The minimum atomic E-state index is -0.428. The molecule has 0 radical (unpaired) electrons. The molecule has 0 amide bonds. The molecule has 0 aromatic heterocycles. The molecule has 88 valence electrons. The fraction of sp³-hybridized carbons (Fsp3) is 0.364. The molecular formula is C11H13BrO4. The summed E-state index contributed by atoms with van der Waals surface area (Å²) in [5.41, 5.74) is -0.154. The molecule has 0 aliphatic heterocycles. The van der Waals surface area contributed by atoms with Gasteiger partial charge in [0.05, 0.1) is 0 Å². The van der Waals surface area contributed by atoms with E-state index >= 15 is 0 Å². The monoisotopic (exact) mass is 288 g/mol. The molecule has 0 aliphatic carbocycles. The molecule has 0 spiro atoms. The highest BCUT2D eigenvalue weighted by molar-refractivity contribution is 9.10. The van der Waals surface area contributed by atoms with E-state index in [9.17, 15) is 20.1 Å². The summed E-state index contributed by atoms with van der Waals surface area (Å²) < 4.78 is 0.0111. The Labute approximate surface area is 102 Å². The van der Waals surface area contributed by atoms with Gasteiger partial charge in [-0.1, -0.05) is 13.8 Å². The number of rotatable bonds is 3. The Balaban J connectivity index is 3.34. The van der Waals surface area contributed by atoms with Crippen molar-refractivity contribution >= 4 is 21.7 Å². The third-order valence-corrected chi connectivity index (χ3v) is 3.29. The molecule has 1 atom stereocenters. The second-order valence-electron chi connectivity index (χ2n) is 3.63. The van der Waals surface area contributed by atoms with E-state index in [4.69, 9.17) is 0 Å². The van der Waals surface area contributed by atoms with Crippen LogP contribution in [0, 0.1) is 5.92 Å². The molecule has 0 saturated carbocycles. The van der Waals surface area contributed by atoms with Crippen LogP contribution in [0.4, 0.5) is 0 Å². The zero-order valence-corrected chi connectivity index (χ0v) is 10.6. The van der Waals surface area contributed by atoms with Crippen LogP contribution in [0.25, 0.3) is 0 Å². The summed E-state index contributed by atoms with van der Waals surface area (Å²) in [6.45, 7) is 3.55. The average Bonchev–Trinajstić information content (AvgIpc) is 2.24. The summed E-state index contributed by atoms with van der Waals surface area (Å²) >= 11 is 2.94. The Morgan fingerprint density at radius 3 is 2.44 bits per heavy atom. The number of benzene rings is 1. The van der Waals surface area contributed by atoms with Crippen LogP contribution in [-0.2, 0) is 0 Å². The normalized spacial score (nSPS) is 12.4. The SMILES string of the molecule is CCC(C)C(=O)c1c(O)cc(O)c(Br)c1O. The van der Waals surface area contributed by atoms with Crippen LogP contribution in [0.3, 0.4) is 0 Å². The summed E-state index contributed by atoms with van der Waals surface area (Å²) in [7, 11) is 0. The molecule has 1 aromatic carbocycles. The van der Waals surface area contributed by atoms with Crippen molar-refractivity contribution in [3.8, 4) is 17.2 Å². The van der Waals surface area contributed by atoms with Gasteiger partial charge in [-0.25, -0.2) is 0 Å². The first-order chi connectivity index (χ1) is 7.40. The Hall–Kier alpha value is -1.23. The van der Waals surface area contributed by atoms with E-state index < -0.39 is 11.5 Å². The molecule has 1 rings (SSSR count). The number of hydrogen-bond donors (Lipinski definition) is 3. The lowest BCUT2D eigenvalue weighted by Crippen LogP contribution is -2.10. The van der Waals surface area contributed by atoms with Gasteiger partial charge in [0.15, 0.2) is 5.78 Å². The third kappa shape index (κ3) is 2.14. The largest absolute Gasteiger partial charge is 0.507 e. The van der Waals surface area contributed by atoms with Gasteiger partial charge in [0.25, 0.3) is 0 Å². The zero-order chi connectivity index (χ0) is 12.5. The van der Waals surface area contributed by atoms with Gasteiger partial charge in [0.2, 0.25) is 0 Å². The number of aromatic hydroxyl groups is 3.